The number of amides is 1. The number of rotatable bonds is 8. The number of ether oxygens (including phenoxy) is 1. The van der Waals surface area contributed by atoms with Crippen molar-refractivity contribution >= 4 is 27.6 Å². The second kappa shape index (κ2) is 9.44. The molecule has 2 rings (SSSR count). The van der Waals surface area contributed by atoms with Crippen LogP contribution in [-0.4, -0.2) is 49.3 Å². The van der Waals surface area contributed by atoms with Crippen LogP contribution in [0.1, 0.15) is 58.4 Å². The standard InChI is InChI=1S/C21H29N3O5S/c1-7-24(8-2)30(27,28)17-12-16(11-10-13(17)4)23-20(25)19-14(5)18(15(6)22-19)21(26)29-9-3/h10-12,22H,7-9H2,1-6H3,(H,23,25). The highest BCUT2D eigenvalue weighted by molar-refractivity contribution is 7.89. The van der Waals surface area contributed by atoms with Crippen molar-refractivity contribution in [2.45, 2.75) is 46.4 Å². The number of benzene rings is 1. The molecule has 1 heterocycles. The monoisotopic (exact) mass is 435 g/mol. The second-order valence-electron chi connectivity index (χ2n) is 6.87. The number of aromatic nitrogens is 1. The summed E-state index contributed by atoms with van der Waals surface area (Å²) in [7, 11) is -3.67. The van der Waals surface area contributed by atoms with Crippen molar-refractivity contribution < 1.29 is 22.7 Å². The number of aryl methyl sites for hydroxylation is 2. The second-order valence-corrected chi connectivity index (χ2v) is 8.78. The number of carbonyl (C=O) groups excluding carboxylic acids is 2. The van der Waals surface area contributed by atoms with Gasteiger partial charge in [-0.2, -0.15) is 4.31 Å². The van der Waals surface area contributed by atoms with Crippen molar-refractivity contribution in [2.24, 2.45) is 0 Å². The minimum absolute atomic E-state index is 0.149. The lowest BCUT2D eigenvalue weighted by Crippen LogP contribution is -2.31. The van der Waals surface area contributed by atoms with Crippen LogP contribution in [0, 0.1) is 20.8 Å². The van der Waals surface area contributed by atoms with Gasteiger partial charge < -0.3 is 15.0 Å². The summed E-state index contributed by atoms with van der Waals surface area (Å²) in [5, 5.41) is 2.72. The first-order chi connectivity index (χ1) is 14.1. The van der Waals surface area contributed by atoms with Gasteiger partial charge in [0.15, 0.2) is 0 Å². The van der Waals surface area contributed by atoms with Crippen molar-refractivity contribution in [3.63, 3.8) is 0 Å². The Morgan fingerprint density at radius 3 is 2.30 bits per heavy atom. The zero-order valence-corrected chi connectivity index (χ0v) is 19.1. The summed E-state index contributed by atoms with van der Waals surface area (Å²) in [6, 6.07) is 4.76. The molecule has 0 saturated carbocycles. The number of nitrogens with zero attached hydrogens (tertiary/aromatic N) is 1. The van der Waals surface area contributed by atoms with E-state index >= 15 is 0 Å². The minimum atomic E-state index is -3.67. The van der Waals surface area contributed by atoms with Crippen LogP contribution < -0.4 is 5.32 Å². The molecule has 30 heavy (non-hydrogen) atoms. The van der Waals surface area contributed by atoms with E-state index in [-0.39, 0.29) is 17.2 Å². The molecule has 2 aromatic rings. The van der Waals surface area contributed by atoms with E-state index in [9.17, 15) is 18.0 Å². The molecule has 0 bridgehead atoms. The number of sulfonamides is 1. The fraction of sp³-hybridized carbons (Fsp3) is 0.429. The lowest BCUT2D eigenvalue weighted by molar-refractivity contribution is 0.0525. The molecule has 1 aromatic heterocycles. The predicted molar refractivity (Wildman–Crippen MR) is 115 cm³/mol. The van der Waals surface area contributed by atoms with Gasteiger partial charge in [0.1, 0.15) is 5.69 Å². The Hall–Kier alpha value is -2.65. The summed E-state index contributed by atoms with van der Waals surface area (Å²) in [6.45, 7) is 11.3. The first-order valence-electron chi connectivity index (χ1n) is 9.86. The Morgan fingerprint density at radius 1 is 1.10 bits per heavy atom. The summed E-state index contributed by atoms with van der Waals surface area (Å²) < 4.78 is 32.3. The third-order valence-electron chi connectivity index (χ3n) is 4.91. The van der Waals surface area contributed by atoms with Gasteiger partial charge in [-0.15, -0.1) is 0 Å². The molecule has 0 aliphatic rings. The number of H-pyrrole nitrogens is 1. The molecule has 0 atom stereocenters. The number of nitrogens with one attached hydrogen (secondary N) is 2. The van der Waals surface area contributed by atoms with Crippen LogP contribution in [0.2, 0.25) is 0 Å². The quantitative estimate of drug-likeness (QED) is 0.618. The lowest BCUT2D eigenvalue weighted by atomic mass is 10.1. The van der Waals surface area contributed by atoms with Gasteiger partial charge in [-0.1, -0.05) is 19.9 Å². The van der Waals surface area contributed by atoms with Crippen LogP contribution >= 0.6 is 0 Å². The first kappa shape index (κ1) is 23.6. The van der Waals surface area contributed by atoms with Gasteiger partial charge in [0.25, 0.3) is 5.91 Å². The molecule has 1 amide bonds. The van der Waals surface area contributed by atoms with Gasteiger partial charge in [0, 0.05) is 24.5 Å². The Kier molecular flexibility index (Phi) is 7.44. The third kappa shape index (κ3) is 4.57. The molecule has 8 nitrogen and oxygen atoms in total. The van der Waals surface area contributed by atoms with Crippen molar-refractivity contribution in [1.29, 1.82) is 0 Å². The average molecular weight is 436 g/mol. The minimum Gasteiger partial charge on any atom is -0.462 e. The maximum atomic E-state index is 12.9. The van der Waals surface area contributed by atoms with E-state index in [1.165, 1.54) is 10.4 Å². The van der Waals surface area contributed by atoms with Gasteiger partial charge in [0.05, 0.1) is 17.1 Å². The van der Waals surface area contributed by atoms with E-state index < -0.39 is 21.9 Å². The van der Waals surface area contributed by atoms with Gasteiger partial charge in [-0.25, -0.2) is 13.2 Å². The predicted octanol–water partition coefficient (Wildman–Crippen LogP) is 3.40. The molecule has 0 aliphatic heterocycles. The summed E-state index contributed by atoms with van der Waals surface area (Å²) in [5.74, 6) is -0.966. The van der Waals surface area contributed by atoms with Crippen LogP contribution in [0.4, 0.5) is 5.69 Å². The zero-order valence-electron chi connectivity index (χ0n) is 18.3. The van der Waals surface area contributed by atoms with E-state index in [1.54, 1.807) is 53.7 Å². The highest BCUT2D eigenvalue weighted by Crippen LogP contribution is 2.25. The van der Waals surface area contributed by atoms with E-state index in [4.69, 9.17) is 4.74 Å². The van der Waals surface area contributed by atoms with E-state index in [1.807, 2.05) is 0 Å². The number of aromatic amines is 1. The third-order valence-corrected chi connectivity index (χ3v) is 7.11. The lowest BCUT2D eigenvalue weighted by Gasteiger charge is -2.20. The van der Waals surface area contributed by atoms with Crippen LogP contribution in [0.5, 0.6) is 0 Å². The molecule has 164 valence electrons. The zero-order chi connectivity index (χ0) is 22.6. The summed E-state index contributed by atoms with van der Waals surface area (Å²) in [5.41, 5.74) is 2.51. The number of esters is 1. The fourth-order valence-corrected chi connectivity index (χ4v) is 5.05. The molecule has 0 spiro atoms. The molecule has 1 aromatic carbocycles. The maximum absolute atomic E-state index is 12.9. The van der Waals surface area contributed by atoms with E-state index in [0.29, 0.717) is 41.2 Å². The average Bonchev–Trinajstić information content (AvgIpc) is 2.98. The molecule has 0 radical (unpaired) electrons. The molecule has 9 heteroatoms. The van der Waals surface area contributed by atoms with Crippen LogP contribution in [0.3, 0.4) is 0 Å². The van der Waals surface area contributed by atoms with Crippen LogP contribution in [0.15, 0.2) is 23.1 Å². The van der Waals surface area contributed by atoms with Gasteiger partial charge in [-0.05, 0) is 51.0 Å². The van der Waals surface area contributed by atoms with Crippen LogP contribution in [0.25, 0.3) is 0 Å². The molecule has 0 unspecified atom stereocenters. The van der Waals surface area contributed by atoms with Crippen molar-refractivity contribution in [3.8, 4) is 0 Å². The Balaban J connectivity index is 2.38. The van der Waals surface area contributed by atoms with Gasteiger partial charge in [-0.3, -0.25) is 4.79 Å². The molecule has 0 fully saturated rings. The van der Waals surface area contributed by atoms with Crippen molar-refractivity contribution in [2.75, 3.05) is 25.0 Å². The highest BCUT2D eigenvalue weighted by Gasteiger charge is 2.25. The number of hydrogen-bond donors (Lipinski definition) is 2. The van der Waals surface area contributed by atoms with E-state index in [0.717, 1.165) is 0 Å². The summed E-state index contributed by atoms with van der Waals surface area (Å²) >= 11 is 0. The first-order valence-corrected chi connectivity index (χ1v) is 11.3. The largest absolute Gasteiger partial charge is 0.462 e. The molecular weight excluding hydrogens is 406 g/mol. The maximum Gasteiger partial charge on any atom is 0.340 e. The van der Waals surface area contributed by atoms with Crippen molar-refractivity contribution in [1.82, 2.24) is 9.29 Å². The van der Waals surface area contributed by atoms with Gasteiger partial charge in [0.2, 0.25) is 10.0 Å². The highest BCUT2D eigenvalue weighted by atomic mass is 32.2. The Bertz CT molecular complexity index is 1050. The van der Waals surface area contributed by atoms with Gasteiger partial charge >= 0.3 is 5.97 Å². The summed E-state index contributed by atoms with van der Waals surface area (Å²) in [4.78, 5) is 28.0. The smallest absolute Gasteiger partial charge is 0.340 e. The van der Waals surface area contributed by atoms with Crippen LogP contribution in [-0.2, 0) is 14.8 Å². The Morgan fingerprint density at radius 2 is 1.73 bits per heavy atom. The summed E-state index contributed by atoms with van der Waals surface area (Å²) in [6.07, 6.45) is 0. The Labute approximate surface area is 177 Å². The fourth-order valence-electron chi connectivity index (χ4n) is 3.34. The molecular formula is C21H29N3O5S. The number of anilines is 1. The molecule has 0 aliphatic carbocycles. The SMILES string of the molecule is CCOC(=O)c1c(C)[nH]c(C(=O)Nc2ccc(C)c(S(=O)(=O)N(CC)CC)c2)c1C. The molecule has 0 saturated heterocycles. The number of carbonyl (C=O) groups is 2. The molecule has 2 N–H and O–H groups in total. The van der Waals surface area contributed by atoms with E-state index in [2.05, 4.69) is 10.3 Å². The normalized spacial score (nSPS) is 11.6. The number of hydrogen-bond acceptors (Lipinski definition) is 5. The topological polar surface area (TPSA) is 109 Å². The van der Waals surface area contributed by atoms with Crippen molar-refractivity contribution in [3.05, 3.63) is 46.3 Å².